The summed E-state index contributed by atoms with van der Waals surface area (Å²) in [7, 11) is 2.19. The van der Waals surface area contributed by atoms with Crippen LogP contribution in [0.2, 0.25) is 0 Å². The fraction of sp³-hybridized carbons (Fsp3) is 0.474. The molecule has 0 saturated carbocycles. The first-order valence-corrected chi connectivity index (χ1v) is 9.11. The number of hydrogen-bond donors (Lipinski definition) is 1. The Kier molecular flexibility index (Phi) is 4.31. The minimum atomic E-state index is 0.278. The molecule has 6 nitrogen and oxygen atoms in total. The molecule has 1 saturated heterocycles. The Morgan fingerprint density at radius 2 is 1.92 bits per heavy atom. The fourth-order valence-corrected chi connectivity index (χ4v) is 3.64. The van der Waals surface area contributed by atoms with E-state index in [1.165, 1.54) is 5.39 Å². The largest absolute Gasteiger partial charge is 0.360 e. The van der Waals surface area contributed by atoms with E-state index >= 15 is 0 Å². The zero-order valence-corrected chi connectivity index (χ0v) is 15.2. The van der Waals surface area contributed by atoms with Crippen molar-refractivity contribution in [1.29, 1.82) is 0 Å². The minimum Gasteiger partial charge on any atom is -0.360 e. The molecule has 0 bridgehead atoms. The van der Waals surface area contributed by atoms with Crippen LogP contribution in [0.5, 0.6) is 0 Å². The molecule has 25 heavy (non-hydrogen) atoms. The maximum absolute atomic E-state index is 4.94. The van der Waals surface area contributed by atoms with Crippen LogP contribution in [0, 0.1) is 0 Å². The highest BCUT2D eigenvalue weighted by molar-refractivity contribution is 5.93. The van der Waals surface area contributed by atoms with Crippen molar-refractivity contribution in [3.8, 4) is 11.4 Å². The number of aromatic amines is 1. The van der Waals surface area contributed by atoms with Gasteiger partial charge in [0.25, 0.3) is 0 Å². The van der Waals surface area contributed by atoms with Gasteiger partial charge in [0, 0.05) is 55.4 Å². The van der Waals surface area contributed by atoms with Crippen LogP contribution >= 0.6 is 0 Å². The van der Waals surface area contributed by atoms with E-state index in [2.05, 4.69) is 58.6 Å². The maximum atomic E-state index is 4.94. The topological polar surface area (TPSA) is 53.0 Å². The van der Waals surface area contributed by atoms with Crippen molar-refractivity contribution in [2.45, 2.75) is 26.4 Å². The first-order chi connectivity index (χ1) is 12.2. The van der Waals surface area contributed by atoms with Crippen molar-refractivity contribution in [3.63, 3.8) is 0 Å². The molecule has 3 aromatic rings. The van der Waals surface area contributed by atoms with Gasteiger partial charge in [0.15, 0.2) is 5.82 Å². The van der Waals surface area contributed by atoms with Crippen LogP contribution in [0.3, 0.4) is 0 Å². The standard InChI is InChI=1S/C19H26N6/c1-4-25-19(14(2)24-11-9-23(3)10-12-24)21-18(22-25)16-13-20-17-8-6-5-7-15(16)17/h5-8,13-14,20H,4,9-12H2,1-3H3. The highest BCUT2D eigenvalue weighted by Gasteiger charge is 2.25. The summed E-state index contributed by atoms with van der Waals surface area (Å²) in [6.45, 7) is 9.60. The molecule has 1 aromatic carbocycles. The van der Waals surface area contributed by atoms with Gasteiger partial charge < -0.3 is 9.88 Å². The number of hydrogen-bond acceptors (Lipinski definition) is 4. The molecule has 3 heterocycles. The molecule has 6 heteroatoms. The number of aryl methyl sites for hydroxylation is 1. The lowest BCUT2D eigenvalue weighted by Gasteiger charge is -2.35. The van der Waals surface area contributed by atoms with E-state index in [0.29, 0.717) is 0 Å². The lowest BCUT2D eigenvalue weighted by Crippen LogP contribution is -2.45. The van der Waals surface area contributed by atoms with Gasteiger partial charge in [-0.25, -0.2) is 9.67 Å². The number of fused-ring (bicyclic) bond motifs is 1. The Labute approximate surface area is 148 Å². The summed E-state index contributed by atoms with van der Waals surface area (Å²) in [5.41, 5.74) is 2.20. The molecule has 1 atom stereocenters. The second-order valence-electron chi connectivity index (χ2n) is 6.87. The van der Waals surface area contributed by atoms with Crippen LogP contribution in [0.4, 0.5) is 0 Å². The van der Waals surface area contributed by atoms with Gasteiger partial charge in [-0.1, -0.05) is 18.2 Å². The monoisotopic (exact) mass is 338 g/mol. The van der Waals surface area contributed by atoms with Crippen LogP contribution in [-0.4, -0.2) is 62.8 Å². The van der Waals surface area contributed by atoms with Gasteiger partial charge in [-0.15, -0.1) is 0 Å². The molecule has 0 radical (unpaired) electrons. The van der Waals surface area contributed by atoms with Crippen molar-refractivity contribution < 1.29 is 0 Å². The van der Waals surface area contributed by atoms with Crippen molar-refractivity contribution in [3.05, 3.63) is 36.3 Å². The van der Waals surface area contributed by atoms with Crippen LogP contribution in [-0.2, 0) is 6.54 Å². The molecule has 0 aliphatic carbocycles. The molecule has 1 N–H and O–H groups in total. The van der Waals surface area contributed by atoms with E-state index in [1.54, 1.807) is 0 Å². The molecular weight excluding hydrogens is 312 g/mol. The van der Waals surface area contributed by atoms with Crippen molar-refractivity contribution >= 4 is 10.9 Å². The molecule has 132 valence electrons. The van der Waals surface area contributed by atoms with E-state index in [-0.39, 0.29) is 6.04 Å². The van der Waals surface area contributed by atoms with Crippen LogP contribution in [0.15, 0.2) is 30.5 Å². The Morgan fingerprint density at radius 1 is 1.16 bits per heavy atom. The first kappa shape index (κ1) is 16.3. The molecule has 0 amide bonds. The lowest BCUT2D eigenvalue weighted by atomic mass is 10.1. The second-order valence-corrected chi connectivity index (χ2v) is 6.87. The average Bonchev–Trinajstić information content (AvgIpc) is 3.25. The third-order valence-corrected chi connectivity index (χ3v) is 5.29. The summed E-state index contributed by atoms with van der Waals surface area (Å²) < 4.78 is 2.06. The predicted octanol–water partition coefficient (Wildman–Crippen LogP) is 2.75. The molecule has 1 aliphatic heterocycles. The van der Waals surface area contributed by atoms with Crippen molar-refractivity contribution in [2.24, 2.45) is 0 Å². The van der Waals surface area contributed by atoms with Gasteiger partial charge in [0.2, 0.25) is 0 Å². The summed E-state index contributed by atoms with van der Waals surface area (Å²) in [6, 6.07) is 8.59. The molecule has 1 fully saturated rings. The zero-order chi connectivity index (χ0) is 17.4. The number of nitrogens with one attached hydrogen (secondary N) is 1. The van der Waals surface area contributed by atoms with Gasteiger partial charge in [-0.05, 0) is 27.0 Å². The molecule has 0 spiro atoms. The van der Waals surface area contributed by atoms with Crippen LogP contribution < -0.4 is 0 Å². The van der Waals surface area contributed by atoms with E-state index in [4.69, 9.17) is 10.1 Å². The number of piperazine rings is 1. The molecule has 4 rings (SSSR count). The third kappa shape index (κ3) is 2.96. The Morgan fingerprint density at radius 3 is 2.68 bits per heavy atom. The second kappa shape index (κ2) is 6.61. The summed E-state index contributed by atoms with van der Waals surface area (Å²) in [5.74, 6) is 1.88. The Bertz CT molecular complexity index is 856. The van der Waals surface area contributed by atoms with E-state index < -0.39 is 0 Å². The van der Waals surface area contributed by atoms with Crippen molar-refractivity contribution in [2.75, 3.05) is 33.2 Å². The predicted molar refractivity (Wildman–Crippen MR) is 100 cm³/mol. The number of likely N-dealkylation sites (N-methyl/N-ethyl adjacent to an activating group) is 1. The number of para-hydroxylation sites is 1. The highest BCUT2D eigenvalue weighted by Crippen LogP contribution is 2.28. The summed E-state index contributed by atoms with van der Waals surface area (Å²) >= 11 is 0. The molecule has 2 aromatic heterocycles. The quantitative estimate of drug-likeness (QED) is 0.795. The first-order valence-electron chi connectivity index (χ1n) is 9.11. The van der Waals surface area contributed by atoms with Gasteiger partial charge >= 0.3 is 0 Å². The van der Waals surface area contributed by atoms with Gasteiger partial charge in [-0.3, -0.25) is 4.90 Å². The Hall–Kier alpha value is -2.18. The minimum absolute atomic E-state index is 0.278. The van der Waals surface area contributed by atoms with E-state index in [1.807, 2.05) is 12.3 Å². The summed E-state index contributed by atoms with van der Waals surface area (Å²) in [5, 5.41) is 5.98. The third-order valence-electron chi connectivity index (χ3n) is 5.29. The maximum Gasteiger partial charge on any atom is 0.183 e. The van der Waals surface area contributed by atoms with E-state index in [9.17, 15) is 0 Å². The summed E-state index contributed by atoms with van der Waals surface area (Å²) in [4.78, 5) is 13.2. The SMILES string of the molecule is CCn1nc(-c2c[nH]c3ccccc23)nc1C(C)N1CCN(C)CC1. The lowest BCUT2D eigenvalue weighted by molar-refractivity contribution is 0.113. The molecule has 1 unspecified atom stereocenters. The Balaban J connectivity index is 1.68. The molecule has 1 aliphatic rings. The zero-order valence-electron chi connectivity index (χ0n) is 15.2. The van der Waals surface area contributed by atoms with E-state index in [0.717, 1.165) is 55.5 Å². The van der Waals surface area contributed by atoms with Gasteiger partial charge in [-0.2, -0.15) is 5.10 Å². The normalized spacial score (nSPS) is 18.0. The van der Waals surface area contributed by atoms with Crippen molar-refractivity contribution in [1.82, 2.24) is 29.5 Å². The summed E-state index contributed by atoms with van der Waals surface area (Å²) in [6.07, 6.45) is 2.02. The number of nitrogens with zero attached hydrogens (tertiary/aromatic N) is 5. The number of aromatic nitrogens is 4. The number of benzene rings is 1. The number of H-pyrrole nitrogens is 1. The fourth-order valence-electron chi connectivity index (χ4n) is 3.64. The van der Waals surface area contributed by atoms with Gasteiger partial charge in [0.05, 0.1) is 6.04 Å². The molecular formula is C19H26N6. The van der Waals surface area contributed by atoms with Crippen LogP contribution in [0.1, 0.15) is 25.7 Å². The average molecular weight is 338 g/mol. The van der Waals surface area contributed by atoms with Crippen LogP contribution in [0.25, 0.3) is 22.3 Å². The van der Waals surface area contributed by atoms with Gasteiger partial charge in [0.1, 0.15) is 5.82 Å². The smallest absolute Gasteiger partial charge is 0.183 e. The highest BCUT2D eigenvalue weighted by atomic mass is 15.4. The number of rotatable bonds is 4.